The van der Waals surface area contributed by atoms with Crippen LogP contribution in [0.5, 0.6) is 0 Å². The van der Waals surface area contributed by atoms with Gasteiger partial charge in [0.15, 0.2) is 11.4 Å². The molecule has 0 atom stereocenters. The van der Waals surface area contributed by atoms with Gasteiger partial charge in [0, 0.05) is 54.9 Å². The molecule has 0 radical (unpaired) electrons. The van der Waals surface area contributed by atoms with Crippen molar-refractivity contribution in [3.63, 3.8) is 0 Å². The first-order chi connectivity index (χ1) is 24.4. The second-order valence-corrected chi connectivity index (χ2v) is 16.6. The van der Waals surface area contributed by atoms with Crippen LogP contribution in [0.3, 0.4) is 0 Å². The number of hydrogen-bond donors (Lipinski definition) is 1. The summed E-state index contributed by atoms with van der Waals surface area (Å²) in [6.45, 7) is 17.6. The Hall–Kier alpha value is -4.50. The first-order valence-corrected chi connectivity index (χ1v) is 18.7. The van der Waals surface area contributed by atoms with Gasteiger partial charge in [-0.2, -0.15) is 0 Å². The average Bonchev–Trinajstić information content (AvgIpc) is 3.49. The number of benzene rings is 2. The maximum absolute atomic E-state index is 12.4. The number of likely N-dealkylation sites (tertiary alicyclic amines) is 1. The minimum Gasteiger partial charge on any atom is -0.481 e. The highest BCUT2D eigenvalue weighted by atomic mass is 16.4. The van der Waals surface area contributed by atoms with E-state index in [0.717, 1.165) is 140 Å². The van der Waals surface area contributed by atoms with Crippen LogP contribution in [-0.2, 0) is 30.7 Å². The molecule has 1 N–H and O–H groups in total. The number of anilines is 2. The number of carboxylic acid groups (broad SMARTS) is 1. The molecule has 9 nitrogen and oxygen atoms in total. The molecule has 0 saturated carbocycles. The number of fused-ring (bicyclic) bond motifs is 4. The van der Waals surface area contributed by atoms with Crippen LogP contribution in [0.1, 0.15) is 81.5 Å². The van der Waals surface area contributed by atoms with E-state index in [0.29, 0.717) is 5.41 Å². The number of carbonyl (C=O) groups is 1. The quantitative estimate of drug-likeness (QED) is 0.182. The van der Waals surface area contributed by atoms with Crippen LogP contribution in [-0.4, -0.2) is 63.7 Å². The maximum atomic E-state index is 12.4. The third-order valence-corrected chi connectivity index (χ3v) is 11.8. The van der Waals surface area contributed by atoms with E-state index in [9.17, 15) is 9.90 Å². The van der Waals surface area contributed by atoms with E-state index < -0.39 is 5.97 Å². The van der Waals surface area contributed by atoms with Crippen LogP contribution in [0.2, 0.25) is 0 Å². The molecule has 0 aliphatic carbocycles. The summed E-state index contributed by atoms with van der Waals surface area (Å²) >= 11 is 0. The fourth-order valence-electron chi connectivity index (χ4n) is 8.40. The number of piperidine rings is 2. The molecule has 51 heavy (non-hydrogen) atoms. The van der Waals surface area contributed by atoms with Crippen LogP contribution >= 0.6 is 0 Å². The van der Waals surface area contributed by atoms with Crippen LogP contribution < -0.4 is 9.80 Å². The van der Waals surface area contributed by atoms with E-state index in [2.05, 4.69) is 65.6 Å². The van der Waals surface area contributed by atoms with Crippen molar-refractivity contribution >= 4 is 39.5 Å². The number of carboxylic acids is 1. The van der Waals surface area contributed by atoms with Crippen LogP contribution in [0.25, 0.3) is 33.2 Å². The van der Waals surface area contributed by atoms with E-state index in [4.69, 9.17) is 14.4 Å². The molecule has 2 aromatic carbocycles. The Morgan fingerprint density at radius 2 is 1.61 bits per heavy atom. The third-order valence-electron chi connectivity index (χ3n) is 11.8. The van der Waals surface area contributed by atoms with E-state index in [-0.39, 0.29) is 11.8 Å². The molecule has 6 heterocycles. The van der Waals surface area contributed by atoms with Gasteiger partial charge in [0.1, 0.15) is 17.4 Å². The fourth-order valence-corrected chi connectivity index (χ4v) is 8.40. The molecule has 0 unspecified atom stereocenters. The Kier molecular flexibility index (Phi) is 8.52. The Morgan fingerprint density at radius 3 is 2.35 bits per heavy atom. The van der Waals surface area contributed by atoms with E-state index >= 15 is 0 Å². The molecule has 2 saturated heterocycles. The number of furan rings is 1. The van der Waals surface area contributed by atoms with Crippen molar-refractivity contribution in [1.82, 2.24) is 19.9 Å². The number of rotatable bonds is 7. The lowest BCUT2D eigenvalue weighted by atomic mass is 9.81. The number of aromatic nitrogens is 3. The molecule has 0 spiro atoms. The van der Waals surface area contributed by atoms with Crippen molar-refractivity contribution in [2.75, 3.05) is 42.5 Å². The molecule has 2 fully saturated rings. The van der Waals surface area contributed by atoms with Gasteiger partial charge in [0.2, 0.25) is 0 Å². The van der Waals surface area contributed by atoms with Gasteiger partial charge in [-0.3, -0.25) is 14.7 Å². The van der Waals surface area contributed by atoms with Crippen molar-refractivity contribution in [3.05, 3.63) is 76.9 Å². The van der Waals surface area contributed by atoms with Gasteiger partial charge in [0.05, 0.1) is 17.8 Å². The monoisotopic (exact) mass is 686 g/mol. The topological polar surface area (TPSA) is 98.8 Å². The van der Waals surface area contributed by atoms with E-state index in [1.165, 1.54) is 11.1 Å². The summed E-state index contributed by atoms with van der Waals surface area (Å²) in [4.78, 5) is 34.2. The van der Waals surface area contributed by atoms with E-state index in [1.807, 2.05) is 31.2 Å². The van der Waals surface area contributed by atoms with Crippen molar-refractivity contribution in [1.29, 1.82) is 0 Å². The van der Waals surface area contributed by atoms with Gasteiger partial charge in [-0.05, 0) is 91.8 Å². The van der Waals surface area contributed by atoms with Crippen LogP contribution in [0.4, 0.5) is 11.5 Å². The zero-order valence-electron chi connectivity index (χ0n) is 30.8. The fraction of sp³-hybridized carbons (Fsp3) is 0.476. The molecule has 266 valence electrons. The Morgan fingerprint density at radius 1 is 0.882 bits per heavy atom. The minimum atomic E-state index is -0.815. The number of hydrogen-bond acceptors (Lipinski definition) is 8. The molecule has 3 aliphatic heterocycles. The number of pyridine rings is 1. The van der Waals surface area contributed by atoms with Gasteiger partial charge in [-0.1, -0.05) is 58.0 Å². The third kappa shape index (κ3) is 6.57. The number of nitrogens with zero attached hydrogens (tertiary/aromatic N) is 6. The molecule has 3 aromatic heterocycles. The smallest absolute Gasteiger partial charge is 0.307 e. The lowest BCUT2D eigenvalue weighted by Crippen LogP contribution is -2.39. The zero-order chi connectivity index (χ0) is 35.5. The van der Waals surface area contributed by atoms with Crippen molar-refractivity contribution < 1.29 is 14.3 Å². The molecule has 8 rings (SSSR count). The molecule has 3 aliphatic rings. The van der Waals surface area contributed by atoms with Gasteiger partial charge in [0.25, 0.3) is 0 Å². The molecule has 0 bridgehead atoms. The molecular formula is C42H50N6O3. The summed E-state index contributed by atoms with van der Waals surface area (Å²) in [6, 6.07) is 14.9. The predicted molar refractivity (Wildman–Crippen MR) is 203 cm³/mol. The SMILES string of the molecule is Cc1nc(CN2CCC(C)(C)CC2)c(-c2ccc3c(c2)CCN(c2ncnc4c2oc2ccccc24)C3)c(N2CCC(C)(C)CC2)c1CC(=O)O. The molecular weight excluding hydrogens is 637 g/mol. The Bertz CT molecular complexity index is 2110. The Balaban J connectivity index is 1.20. The van der Waals surface area contributed by atoms with Crippen LogP contribution in [0, 0.1) is 17.8 Å². The molecule has 9 heteroatoms. The second-order valence-electron chi connectivity index (χ2n) is 16.6. The van der Waals surface area contributed by atoms with Gasteiger partial charge >= 0.3 is 5.97 Å². The summed E-state index contributed by atoms with van der Waals surface area (Å²) in [5.74, 6) is 0.0125. The normalized spacial score (nSPS) is 19.1. The van der Waals surface area contributed by atoms with Crippen molar-refractivity contribution in [3.8, 4) is 11.1 Å². The molecule has 5 aromatic rings. The number of para-hydroxylation sites is 1. The lowest BCUT2D eigenvalue weighted by Gasteiger charge is -2.41. The highest BCUT2D eigenvalue weighted by Gasteiger charge is 2.33. The van der Waals surface area contributed by atoms with Crippen LogP contribution in [0.15, 0.2) is 53.2 Å². The van der Waals surface area contributed by atoms with Gasteiger partial charge < -0.3 is 19.3 Å². The number of aryl methyl sites for hydroxylation is 1. The average molecular weight is 687 g/mol. The summed E-state index contributed by atoms with van der Waals surface area (Å²) in [6.07, 6.45) is 6.93. The highest BCUT2D eigenvalue weighted by Crippen LogP contribution is 2.44. The standard InChI is InChI=1S/C42H50N6O3/c1-27-32(23-35(49)50)38(47-20-15-42(4,5)16-21-47)36(33(45-27)25-46-18-13-41(2,3)14-19-46)29-10-11-30-24-48(17-12-28(30)22-29)40-39-37(43-26-44-40)31-8-6-7-9-34(31)51-39/h6-11,22,26H,12-21,23-25H2,1-5H3,(H,49,50). The van der Waals surface area contributed by atoms with E-state index in [1.54, 1.807) is 6.33 Å². The summed E-state index contributed by atoms with van der Waals surface area (Å²) in [5, 5.41) is 11.2. The lowest BCUT2D eigenvalue weighted by molar-refractivity contribution is -0.136. The number of aliphatic carboxylic acids is 1. The maximum Gasteiger partial charge on any atom is 0.307 e. The second kappa shape index (κ2) is 12.9. The zero-order valence-corrected chi connectivity index (χ0v) is 30.8. The minimum absolute atomic E-state index is 0.0334. The Labute approximate surface area is 300 Å². The van der Waals surface area contributed by atoms with Gasteiger partial charge in [-0.25, -0.2) is 9.97 Å². The summed E-state index contributed by atoms with van der Waals surface area (Å²) in [7, 11) is 0. The summed E-state index contributed by atoms with van der Waals surface area (Å²) < 4.78 is 6.30. The van der Waals surface area contributed by atoms with Crippen molar-refractivity contribution in [2.45, 2.75) is 86.2 Å². The first kappa shape index (κ1) is 33.6. The molecule has 0 amide bonds. The van der Waals surface area contributed by atoms with Gasteiger partial charge in [-0.15, -0.1) is 0 Å². The largest absolute Gasteiger partial charge is 0.481 e. The summed E-state index contributed by atoms with van der Waals surface area (Å²) in [5.41, 5.74) is 11.7. The highest BCUT2D eigenvalue weighted by molar-refractivity contribution is 6.05. The van der Waals surface area contributed by atoms with Crippen molar-refractivity contribution in [2.24, 2.45) is 10.8 Å². The first-order valence-electron chi connectivity index (χ1n) is 18.7. The predicted octanol–water partition coefficient (Wildman–Crippen LogP) is 8.18.